The zero-order chi connectivity index (χ0) is 40.0. The zero-order valence-electron chi connectivity index (χ0n) is 38.8. The van der Waals surface area contributed by atoms with E-state index >= 15 is 0 Å². The van der Waals surface area contributed by atoms with Gasteiger partial charge in [0.1, 0.15) is 0 Å². The summed E-state index contributed by atoms with van der Waals surface area (Å²) < 4.78 is 0. The van der Waals surface area contributed by atoms with Gasteiger partial charge in [-0.15, -0.1) is 0 Å². The summed E-state index contributed by atoms with van der Waals surface area (Å²) in [5, 5.41) is 0. The molecule has 306 valence electrons. The largest absolute Gasteiger partial charge is 0.306 e. The summed E-state index contributed by atoms with van der Waals surface area (Å²) in [5.74, 6) is 2.88. The van der Waals surface area contributed by atoms with Crippen molar-refractivity contribution >= 4 is 0 Å². The Morgan fingerprint density at radius 1 is 0.538 bits per heavy atom. The van der Waals surface area contributed by atoms with E-state index in [4.69, 9.17) is 0 Å². The number of hydrogen-bond donors (Lipinski definition) is 0. The minimum absolute atomic E-state index is 0.358. The van der Waals surface area contributed by atoms with Crippen LogP contribution >= 0.6 is 0 Å². The summed E-state index contributed by atoms with van der Waals surface area (Å²) in [6.45, 7) is 44.6. The summed E-state index contributed by atoms with van der Waals surface area (Å²) in [7, 11) is 4.40. The molecule has 4 nitrogen and oxygen atoms in total. The first-order valence-electron chi connectivity index (χ1n) is 21.7. The van der Waals surface area contributed by atoms with Crippen molar-refractivity contribution < 1.29 is 0 Å². The summed E-state index contributed by atoms with van der Waals surface area (Å²) >= 11 is 0. The zero-order valence-corrected chi connectivity index (χ0v) is 38.8. The fraction of sp³-hybridized carbons (Fsp3) is 0.896. The van der Waals surface area contributed by atoms with Crippen LogP contribution in [0.25, 0.3) is 0 Å². The number of aryl methyl sites for hydroxylation is 1. The van der Waals surface area contributed by atoms with Gasteiger partial charge in [0.05, 0.1) is 0 Å². The standard InChI is InChI=1S/C11H17N.C10H21N.C10H20.C9H19N.C8H17N/c1-9-5-6-10(8-12-9)7-11(2,3)4;1-10(2,3)9-5-7-11(4)8-6-9;1-10(2,3)9-7-5-4-6-8-9;1-9(2,3)10-7-5-4-6-8-10;1-8(2,3)7-5-9(4)6-7/h5-6,8H,7H2,1-4H3;9H,5-8H2,1-4H3;9H,4-8H2,1-3H3;4-8H2,1-3H3;7H,5-6H2,1-4H3. The van der Waals surface area contributed by atoms with Gasteiger partial charge in [-0.2, -0.15) is 0 Å². The van der Waals surface area contributed by atoms with Crippen molar-refractivity contribution in [1.29, 1.82) is 0 Å². The van der Waals surface area contributed by atoms with E-state index in [1.807, 2.05) is 13.1 Å². The van der Waals surface area contributed by atoms with E-state index in [2.05, 4.69) is 150 Å². The van der Waals surface area contributed by atoms with Crippen molar-refractivity contribution in [2.24, 2.45) is 39.4 Å². The van der Waals surface area contributed by atoms with Gasteiger partial charge in [-0.3, -0.25) is 9.88 Å². The van der Waals surface area contributed by atoms with Crippen LogP contribution in [0.5, 0.6) is 0 Å². The molecule has 0 atom stereocenters. The van der Waals surface area contributed by atoms with E-state index in [1.54, 1.807) is 0 Å². The van der Waals surface area contributed by atoms with Crippen molar-refractivity contribution in [3.8, 4) is 0 Å². The van der Waals surface area contributed by atoms with Gasteiger partial charge in [-0.1, -0.05) is 115 Å². The van der Waals surface area contributed by atoms with Crippen molar-refractivity contribution in [2.45, 2.75) is 187 Å². The van der Waals surface area contributed by atoms with Gasteiger partial charge < -0.3 is 9.80 Å². The summed E-state index contributed by atoms with van der Waals surface area (Å²) in [6, 6.07) is 4.23. The predicted molar refractivity (Wildman–Crippen MR) is 233 cm³/mol. The highest BCUT2D eigenvalue weighted by molar-refractivity contribution is 5.14. The number of rotatable bonds is 1. The van der Waals surface area contributed by atoms with E-state index < -0.39 is 0 Å². The van der Waals surface area contributed by atoms with Crippen LogP contribution < -0.4 is 0 Å². The molecule has 3 aliphatic heterocycles. The van der Waals surface area contributed by atoms with Crippen LogP contribution in [0.2, 0.25) is 0 Å². The number of piperidine rings is 2. The second kappa shape index (κ2) is 21.9. The third-order valence-corrected chi connectivity index (χ3v) is 12.1. The fourth-order valence-corrected chi connectivity index (χ4v) is 7.87. The van der Waals surface area contributed by atoms with Gasteiger partial charge >= 0.3 is 0 Å². The van der Waals surface area contributed by atoms with Crippen LogP contribution in [0.15, 0.2) is 18.3 Å². The molecular formula is C48H94N4. The number of aromatic nitrogens is 1. The highest BCUT2D eigenvalue weighted by atomic mass is 15.2. The van der Waals surface area contributed by atoms with Crippen LogP contribution in [0.4, 0.5) is 0 Å². The molecule has 0 radical (unpaired) electrons. The molecule has 1 saturated carbocycles. The van der Waals surface area contributed by atoms with Gasteiger partial charge in [-0.25, -0.2) is 0 Å². The molecular weight excluding hydrogens is 633 g/mol. The fourth-order valence-electron chi connectivity index (χ4n) is 7.87. The van der Waals surface area contributed by atoms with Crippen LogP contribution in [0.3, 0.4) is 0 Å². The molecule has 0 aromatic carbocycles. The molecule has 0 bridgehead atoms. The van der Waals surface area contributed by atoms with Crippen molar-refractivity contribution in [1.82, 2.24) is 19.7 Å². The molecule has 0 N–H and O–H groups in total. The lowest BCUT2D eigenvalue weighted by molar-refractivity contribution is 0.0459. The number of pyridine rings is 1. The Morgan fingerprint density at radius 3 is 1.29 bits per heavy atom. The molecule has 52 heavy (non-hydrogen) atoms. The SMILES string of the molecule is CC(C)(C)C1CCCCC1.CC(C)(C)N1CCCCC1.CN1CC(C(C)(C)C)C1.CN1CCC(C(C)(C)C)CC1.Cc1ccc(CC(C)(C)C)cn1. The average Bonchev–Trinajstić information content (AvgIpc) is 3.01. The summed E-state index contributed by atoms with van der Waals surface area (Å²) in [6.07, 6.45) is 17.5. The quantitative estimate of drug-likeness (QED) is 0.287. The average molecular weight is 727 g/mol. The molecule has 4 aliphatic rings. The van der Waals surface area contributed by atoms with E-state index in [0.717, 1.165) is 29.9 Å². The normalized spacial score (nSPS) is 20.8. The van der Waals surface area contributed by atoms with Gasteiger partial charge in [0.15, 0.2) is 0 Å². The van der Waals surface area contributed by atoms with E-state index in [1.165, 1.54) is 109 Å². The molecule has 0 unspecified atom stereocenters. The first kappa shape index (κ1) is 49.0. The Morgan fingerprint density at radius 2 is 0.981 bits per heavy atom. The molecule has 1 aromatic heterocycles. The van der Waals surface area contributed by atoms with Crippen molar-refractivity contribution in [3.63, 3.8) is 0 Å². The van der Waals surface area contributed by atoms with E-state index in [0.29, 0.717) is 27.2 Å². The number of nitrogens with zero attached hydrogens (tertiary/aromatic N) is 4. The van der Waals surface area contributed by atoms with Gasteiger partial charge in [0.25, 0.3) is 0 Å². The molecule has 1 aromatic rings. The minimum atomic E-state index is 0.358. The smallest absolute Gasteiger partial charge is 0.0372 e. The van der Waals surface area contributed by atoms with E-state index in [-0.39, 0.29) is 0 Å². The molecule has 5 rings (SSSR count). The van der Waals surface area contributed by atoms with Crippen molar-refractivity contribution in [3.05, 3.63) is 29.6 Å². The molecule has 1 aliphatic carbocycles. The molecule has 0 spiro atoms. The van der Waals surface area contributed by atoms with Gasteiger partial charge in [0, 0.05) is 30.5 Å². The summed E-state index contributed by atoms with van der Waals surface area (Å²) in [4.78, 5) is 11.6. The monoisotopic (exact) mass is 727 g/mol. The third-order valence-electron chi connectivity index (χ3n) is 12.1. The molecule has 4 fully saturated rings. The lowest BCUT2D eigenvalue weighted by Gasteiger charge is -2.44. The maximum atomic E-state index is 4.26. The topological polar surface area (TPSA) is 22.6 Å². The Labute approximate surface area is 328 Å². The maximum absolute atomic E-state index is 4.26. The maximum Gasteiger partial charge on any atom is 0.0372 e. The molecule has 0 amide bonds. The number of hydrogen-bond acceptors (Lipinski definition) is 4. The Hall–Kier alpha value is -0.970. The first-order chi connectivity index (χ1) is 23.7. The Kier molecular flexibility index (Phi) is 20.7. The van der Waals surface area contributed by atoms with Crippen LogP contribution in [0, 0.1) is 46.3 Å². The Balaban J connectivity index is 0.000000326. The van der Waals surface area contributed by atoms with Crippen LogP contribution in [-0.2, 0) is 6.42 Å². The minimum Gasteiger partial charge on any atom is -0.306 e. The number of likely N-dealkylation sites (tertiary alicyclic amines) is 3. The van der Waals surface area contributed by atoms with Gasteiger partial charge in [0.2, 0.25) is 0 Å². The van der Waals surface area contributed by atoms with E-state index in [9.17, 15) is 0 Å². The van der Waals surface area contributed by atoms with Crippen molar-refractivity contribution in [2.75, 3.05) is 53.4 Å². The third kappa shape index (κ3) is 21.8. The van der Waals surface area contributed by atoms with Crippen LogP contribution in [-0.4, -0.2) is 78.6 Å². The van der Waals surface area contributed by atoms with Crippen LogP contribution in [0.1, 0.15) is 179 Å². The lowest BCUT2D eigenvalue weighted by atomic mass is 9.72. The second-order valence-corrected chi connectivity index (χ2v) is 22.7. The predicted octanol–water partition coefficient (Wildman–Crippen LogP) is 12.8. The molecule has 4 heteroatoms. The molecule has 3 saturated heterocycles. The second-order valence-electron chi connectivity index (χ2n) is 22.7. The highest BCUT2D eigenvalue weighted by Crippen LogP contribution is 2.37. The first-order valence-corrected chi connectivity index (χ1v) is 21.7. The highest BCUT2D eigenvalue weighted by Gasteiger charge is 2.33. The molecule has 4 heterocycles. The van der Waals surface area contributed by atoms with Gasteiger partial charge in [-0.05, 0) is 164 Å². The summed E-state index contributed by atoms with van der Waals surface area (Å²) in [5.41, 5.74) is 4.81. The Bertz CT molecular complexity index is 1000. The lowest BCUT2D eigenvalue weighted by Crippen LogP contribution is -2.49.